The van der Waals surface area contributed by atoms with Crippen LogP contribution in [-0.2, 0) is 4.79 Å². The highest BCUT2D eigenvalue weighted by Gasteiger charge is 2.37. The third-order valence-corrected chi connectivity index (χ3v) is 4.14. The minimum absolute atomic E-state index is 0.0263. The first-order valence-electron chi connectivity index (χ1n) is 5.45. The van der Waals surface area contributed by atoms with Crippen LogP contribution in [0.2, 0.25) is 0 Å². The first kappa shape index (κ1) is 12.4. The molecule has 1 aliphatic rings. The molecule has 1 N–H and O–H groups in total. The maximum atomic E-state index is 12.8. The van der Waals surface area contributed by atoms with Crippen molar-refractivity contribution >= 4 is 17.7 Å². The highest BCUT2D eigenvalue weighted by Crippen LogP contribution is 2.42. The number of β-amino-alcohol motifs (C(OH)–C–C–N with tert-alkyl or cyclic N) is 1. The summed E-state index contributed by atoms with van der Waals surface area (Å²) in [6, 6.07) is 6.15. The van der Waals surface area contributed by atoms with Crippen LogP contribution in [0.5, 0.6) is 0 Å². The smallest absolute Gasteiger partial charge is 0.236 e. The zero-order chi connectivity index (χ0) is 12.4. The first-order chi connectivity index (χ1) is 8.13. The maximum absolute atomic E-state index is 12.8. The molecule has 1 aromatic carbocycles. The van der Waals surface area contributed by atoms with E-state index in [1.54, 1.807) is 17.0 Å². The molecule has 92 valence electrons. The lowest BCUT2D eigenvalue weighted by molar-refractivity contribution is -0.130. The third kappa shape index (κ3) is 2.45. The maximum Gasteiger partial charge on any atom is 0.236 e. The second kappa shape index (κ2) is 5.06. The lowest BCUT2D eigenvalue weighted by Gasteiger charge is -2.23. The number of rotatable bonds is 3. The minimum Gasteiger partial charge on any atom is -0.395 e. The van der Waals surface area contributed by atoms with Gasteiger partial charge in [-0.2, -0.15) is 0 Å². The standard InChI is InChI=1S/C12H14FNO2S/c1-8-11(16)14(6-7-15)12(17-8)9-2-4-10(13)5-3-9/h2-5,8,12,15H,6-7H2,1H3/t8-,12-/m0/s1. The molecular formula is C12H14FNO2S. The van der Waals surface area contributed by atoms with Crippen LogP contribution in [0.3, 0.4) is 0 Å². The van der Waals surface area contributed by atoms with Gasteiger partial charge in [0.05, 0.1) is 11.9 Å². The molecule has 1 heterocycles. The van der Waals surface area contributed by atoms with Crippen molar-refractivity contribution in [3.8, 4) is 0 Å². The van der Waals surface area contributed by atoms with Crippen molar-refractivity contribution in [2.45, 2.75) is 17.5 Å². The largest absolute Gasteiger partial charge is 0.395 e. The number of hydrogen-bond acceptors (Lipinski definition) is 3. The van der Waals surface area contributed by atoms with Gasteiger partial charge in [0, 0.05) is 6.54 Å². The van der Waals surface area contributed by atoms with Gasteiger partial charge in [-0.15, -0.1) is 11.8 Å². The molecule has 0 aliphatic carbocycles. The molecule has 1 saturated heterocycles. The fourth-order valence-corrected chi connectivity index (χ4v) is 3.20. The summed E-state index contributed by atoms with van der Waals surface area (Å²) in [6.45, 7) is 2.11. The molecule has 2 atom stereocenters. The number of halogens is 1. The van der Waals surface area contributed by atoms with Gasteiger partial charge in [0.2, 0.25) is 5.91 Å². The van der Waals surface area contributed by atoms with Gasteiger partial charge >= 0.3 is 0 Å². The Morgan fingerprint density at radius 1 is 1.41 bits per heavy atom. The number of carbonyl (C=O) groups is 1. The number of amides is 1. The topological polar surface area (TPSA) is 40.5 Å². The van der Waals surface area contributed by atoms with Gasteiger partial charge in [0.1, 0.15) is 11.2 Å². The van der Waals surface area contributed by atoms with Crippen LogP contribution in [0, 0.1) is 5.82 Å². The number of aliphatic hydroxyl groups excluding tert-OH is 1. The van der Waals surface area contributed by atoms with E-state index in [4.69, 9.17) is 5.11 Å². The van der Waals surface area contributed by atoms with Crippen molar-refractivity contribution in [2.24, 2.45) is 0 Å². The van der Waals surface area contributed by atoms with Crippen LogP contribution >= 0.6 is 11.8 Å². The van der Waals surface area contributed by atoms with E-state index in [0.717, 1.165) is 5.56 Å². The molecule has 1 fully saturated rings. The van der Waals surface area contributed by atoms with E-state index < -0.39 is 0 Å². The number of nitrogens with zero attached hydrogens (tertiary/aromatic N) is 1. The summed E-state index contributed by atoms with van der Waals surface area (Å²) in [4.78, 5) is 13.5. The number of benzene rings is 1. The molecule has 1 amide bonds. The monoisotopic (exact) mass is 255 g/mol. The number of aliphatic hydroxyl groups is 1. The number of carbonyl (C=O) groups excluding carboxylic acids is 1. The Hall–Kier alpha value is -1.07. The Balaban J connectivity index is 2.24. The minimum atomic E-state index is -0.287. The second-order valence-corrected chi connectivity index (χ2v) is 5.36. The molecule has 3 nitrogen and oxygen atoms in total. The van der Waals surface area contributed by atoms with Gasteiger partial charge in [-0.1, -0.05) is 12.1 Å². The third-order valence-electron chi connectivity index (χ3n) is 2.74. The zero-order valence-corrected chi connectivity index (χ0v) is 10.3. The van der Waals surface area contributed by atoms with Gasteiger partial charge in [0.15, 0.2) is 0 Å². The molecular weight excluding hydrogens is 241 g/mol. The van der Waals surface area contributed by atoms with Crippen molar-refractivity contribution in [2.75, 3.05) is 13.2 Å². The Morgan fingerprint density at radius 3 is 2.65 bits per heavy atom. The lowest BCUT2D eigenvalue weighted by Crippen LogP contribution is -2.32. The predicted molar refractivity (Wildman–Crippen MR) is 65.0 cm³/mol. The van der Waals surface area contributed by atoms with E-state index in [9.17, 15) is 9.18 Å². The molecule has 1 aromatic rings. The quantitative estimate of drug-likeness (QED) is 0.895. The summed E-state index contributed by atoms with van der Waals surface area (Å²) < 4.78 is 12.8. The van der Waals surface area contributed by atoms with Crippen LogP contribution in [0.1, 0.15) is 17.9 Å². The second-order valence-electron chi connectivity index (χ2n) is 3.94. The van der Waals surface area contributed by atoms with Crippen LogP contribution in [0.25, 0.3) is 0 Å². The Morgan fingerprint density at radius 2 is 2.06 bits per heavy atom. The van der Waals surface area contributed by atoms with Crippen LogP contribution < -0.4 is 0 Å². The average molecular weight is 255 g/mol. The lowest BCUT2D eigenvalue weighted by atomic mass is 10.2. The molecule has 0 aromatic heterocycles. The average Bonchev–Trinajstić information content (AvgIpc) is 2.59. The van der Waals surface area contributed by atoms with E-state index in [1.807, 2.05) is 6.92 Å². The Bertz CT molecular complexity index is 409. The summed E-state index contributed by atoms with van der Waals surface area (Å²) in [5, 5.41) is 8.74. The fourth-order valence-electron chi connectivity index (χ4n) is 1.90. The summed E-state index contributed by atoms with van der Waals surface area (Å²) in [5.74, 6) is -0.261. The molecule has 0 spiro atoms. The van der Waals surface area contributed by atoms with Gasteiger partial charge < -0.3 is 10.0 Å². The SMILES string of the molecule is C[C@@H]1S[C@@H](c2ccc(F)cc2)N(CCO)C1=O. The highest BCUT2D eigenvalue weighted by atomic mass is 32.2. The van der Waals surface area contributed by atoms with Gasteiger partial charge in [-0.05, 0) is 24.6 Å². The van der Waals surface area contributed by atoms with Crippen molar-refractivity contribution in [1.29, 1.82) is 0 Å². The van der Waals surface area contributed by atoms with Crippen LogP contribution in [0.15, 0.2) is 24.3 Å². The summed E-state index contributed by atoms with van der Waals surface area (Å²) in [5.41, 5.74) is 0.891. The normalized spacial score (nSPS) is 24.4. The zero-order valence-electron chi connectivity index (χ0n) is 9.47. The highest BCUT2D eigenvalue weighted by molar-refractivity contribution is 8.01. The molecule has 2 rings (SSSR count). The van der Waals surface area contributed by atoms with Crippen molar-refractivity contribution in [3.63, 3.8) is 0 Å². The first-order valence-corrected chi connectivity index (χ1v) is 6.40. The molecule has 5 heteroatoms. The predicted octanol–water partition coefficient (Wildman–Crippen LogP) is 1.78. The van der Waals surface area contributed by atoms with E-state index >= 15 is 0 Å². The molecule has 17 heavy (non-hydrogen) atoms. The fraction of sp³-hybridized carbons (Fsp3) is 0.417. The van der Waals surface area contributed by atoms with Crippen LogP contribution in [0.4, 0.5) is 4.39 Å². The number of hydrogen-bond donors (Lipinski definition) is 1. The van der Waals surface area contributed by atoms with E-state index in [-0.39, 0.29) is 29.0 Å². The van der Waals surface area contributed by atoms with E-state index in [0.29, 0.717) is 6.54 Å². The van der Waals surface area contributed by atoms with Crippen molar-refractivity contribution < 1.29 is 14.3 Å². The van der Waals surface area contributed by atoms with Gasteiger partial charge in [-0.3, -0.25) is 4.79 Å². The molecule has 0 bridgehead atoms. The summed E-state index contributed by atoms with van der Waals surface area (Å²) in [6.07, 6.45) is 0. The van der Waals surface area contributed by atoms with Crippen molar-refractivity contribution in [3.05, 3.63) is 35.6 Å². The van der Waals surface area contributed by atoms with Gasteiger partial charge in [0.25, 0.3) is 0 Å². The van der Waals surface area contributed by atoms with Gasteiger partial charge in [-0.25, -0.2) is 4.39 Å². The molecule has 0 saturated carbocycles. The Kier molecular flexibility index (Phi) is 3.69. The molecule has 0 radical (unpaired) electrons. The molecule has 1 aliphatic heterocycles. The van der Waals surface area contributed by atoms with E-state index in [2.05, 4.69) is 0 Å². The summed E-state index contributed by atoms with van der Waals surface area (Å²) >= 11 is 1.52. The van der Waals surface area contributed by atoms with E-state index in [1.165, 1.54) is 23.9 Å². The van der Waals surface area contributed by atoms with Crippen LogP contribution in [-0.4, -0.2) is 34.3 Å². The van der Waals surface area contributed by atoms with Crippen molar-refractivity contribution in [1.82, 2.24) is 4.90 Å². The summed E-state index contributed by atoms with van der Waals surface area (Å²) in [7, 11) is 0. The Labute approximate surface area is 104 Å². The molecule has 0 unspecified atom stereocenters. The number of thioether (sulfide) groups is 1.